The van der Waals surface area contributed by atoms with Crippen LogP contribution in [-0.2, 0) is 10.3 Å². The molecule has 0 bridgehead atoms. The van der Waals surface area contributed by atoms with Crippen molar-refractivity contribution in [3.8, 4) is 0 Å². The molecule has 2 amide bonds. The molecule has 1 aliphatic carbocycles. The number of urea groups is 1. The maximum absolute atomic E-state index is 12.9. The van der Waals surface area contributed by atoms with Crippen molar-refractivity contribution in [1.82, 2.24) is 10.6 Å². The van der Waals surface area contributed by atoms with Crippen LogP contribution in [0.5, 0.6) is 0 Å². The van der Waals surface area contributed by atoms with Crippen LogP contribution < -0.4 is 10.6 Å². The minimum Gasteiger partial charge on any atom is -0.384 e. The first kappa shape index (κ1) is 17.7. The van der Waals surface area contributed by atoms with Gasteiger partial charge in [0.2, 0.25) is 0 Å². The Labute approximate surface area is 136 Å². The van der Waals surface area contributed by atoms with Gasteiger partial charge >= 0.3 is 6.03 Å². The van der Waals surface area contributed by atoms with Crippen molar-refractivity contribution in [3.05, 3.63) is 35.6 Å². The first-order chi connectivity index (χ1) is 10.9. The molecule has 6 heteroatoms. The summed E-state index contributed by atoms with van der Waals surface area (Å²) in [6.45, 7) is 1.62. The quantitative estimate of drug-likeness (QED) is 0.778. The number of nitrogens with one attached hydrogen (secondary N) is 2. The van der Waals surface area contributed by atoms with E-state index in [1.807, 2.05) is 0 Å². The third-order valence-corrected chi connectivity index (χ3v) is 4.38. The Morgan fingerprint density at radius 1 is 1.35 bits per heavy atom. The van der Waals surface area contributed by atoms with Crippen molar-refractivity contribution in [2.75, 3.05) is 13.7 Å². The fourth-order valence-electron chi connectivity index (χ4n) is 2.93. The monoisotopic (exact) mass is 324 g/mol. The second-order valence-corrected chi connectivity index (χ2v) is 6.27. The highest BCUT2D eigenvalue weighted by Crippen LogP contribution is 2.21. The first-order valence-corrected chi connectivity index (χ1v) is 7.98. The lowest BCUT2D eigenvalue weighted by Gasteiger charge is -2.31. The number of amides is 2. The number of methoxy groups -OCH3 is 1. The number of rotatable bonds is 5. The van der Waals surface area contributed by atoms with Crippen LogP contribution in [-0.4, -0.2) is 36.9 Å². The lowest BCUT2D eigenvalue weighted by Crippen LogP contribution is -2.51. The van der Waals surface area contributed by atoms with Gasteiger partial charge in [0, 0.05) is 7.11 Å². The van der Waals surface area contributed by atoms with Gasteiger partial charge in [-0.1, -0.05) is 25.0 Å². The van der Waals surface area contributed by atoms with Crippen molar-refractivity contribution >= 4 is 6.03 Å². The molecule has 0 heterocycles. The van der Waals surface area contributed by atoms with Gasteiger partial charge in [0.05, 0.1) is 18.7 Å². The van der Waals surface area contributed by atoms with Gasteiger partial charge in [0.15, 0.2) is 0 Å². The number of aliphatic hydroxyl groups is 1. The molecular weight excluding hydrogens is 299 g/mol. The fraction of sp³-hybridized carbons (Fsp3) is 0.588. The van der Waals surface area contributed by atoms with Gasteiger partial charge < -0.3 is 20.5 Å². The molecule has 0 unspecified atom stereocenters. The normalized spacial score (nSPS) is 23.8. The van der Waals surface area contributed by atoms with E-state index in [0.717, 1.165) is 25.7 Å². The topological polar surface area (TPSA) is 70.6 Å². The third-order valence-electron chi connectivity index (χ3n) is 4.38. The highest BCUT2D eigenvalue weighted by molar-refractivity contribution is 5.74. The molecule has 128 valence electrons. The van der Waals surface area contributed by atoms with Crippen LogP contribution in [0.15, 0.2) is 24.3 Å². The van der Waals surface area contributed by atoms with E-state index >= 15 is 0 Å². The summed E-state index contributed by atoms with van der Waals surface area (Å²) < 4.78 is 18.3. The smallest absolute Gasteiger partial charge is 0.315 e. The van der Waals surface area contributed by atoms with Crippen LogP contribution in [0.25, 0.3) is 0 Å². The molecule has 0 saturated heterocycles. The van der Waals surface area contributed by atoms with Crippen LogP contribution in [0.4, 0.5) is 9.18 Å². The molecule has 0 spiro atoms. The molecule has 5 nitrogen and oxygen atoms in total. The van der Waals surface area contributed by atoms with Gasteiger partial charge in [0.25, 0.3) is 0 Å². The summed E-state index contributed by atoms with van der Waals surface area (Å²) in [4.78, 5) is 12.1. The molecule has 1 saturated carbocycles. The molecule has 23 heavy (non-hydrogen) atoms. The van der Waals surface area contributed by atoms with Crippen molar-refractivity contribution in [2.24, 2.45) is 0 Å². The Bertz CT molecular complexity index is 519. The number of hydrogen-bond donors (Lipinski definition) is 3. The molecule has 3 N–H and O–H groups in total. The summed E-state index contributed by atoms with van der Waals surface area (Å²) in [5.41, 5.74) is -0.718. The average molecular weight is 324 g/mol. The summed E-state index contributed by atoms with van der Waals surface area (Å²) in [7, 11) is 1.65. The SMILES string of the molecule is CO[C@@H]1CCCC[C@@H]1NC(=O)NC[C@](C)(O)c1ccc(F)cc1. The predicted molar refractivity (Wildman–Crippen MR) is 85.6 cm³/mol. The fourth-order valence-corrected chi connectivity index (χ4v) is 2.93. The molecule has 1 aromatic rings. The first-order valence-electron chi connectivity index (χ1n) is 7.98. The third kappa shape index (κ3) is 4.91. The predicted octanol–water partition coefficient (Wildman–Crippen LogP) is 2.29. The highest BCUT2D eigenvalue weighted by atomic mass is 19.1. The van der Waals surface area contributed by atoms with Crippen LogP contribution in [0.3, 0.4) is 0 Å². The van der Waals surface area contributed by atoms with E-state index in [9.17, 15) is 14.3 Å². The standard InChI is InChI=1S/C17H25FN2O3/c1-17(22,12-7-9-13(18)10-8-12)11-19-16(21)20-14-5-3-4-6-15(14)23-2/h7-10,14-15,22H,3-6,11H2,1-2H3,(H2,19,20,21)/t14-,15+,17-/m0/s1. The second kappa shape index (κ2) is 7.75. The number of ether oxygens (including phenoxy) is 1. The summed E-state index contributed by atoms with van der Waals surface area (Å²) in [6, 6.07) is 5.25. The van der Waals surface area contributed by atoms with Gasteiger partial charge in [-0.3, -0.25) is 0 Å². The number of carbonyl (C=O) groups is 1. The van der Waals surface area contributed by atoms with Crippen LogP contribution >= 0.6 is 0 Å². The Morgan fingerprint density at radius 3 is 2.65 bits per heavy atom. The maximum Gasteiger partial charge on any atom is 0.315 e. The molecule has 3 atom stereocenters. The summed E-state index contributed by atoms with van der Waals surface area (Å²) in [5.74, 6) is -0.363. The van der Waals surface area contributed by atoms with E-state index in [1.54, 1.807) is 14.0 Å². The zero-order valence-corrected chi connectivity index (χ0v) is 13.6. The number of benzene rings is 1. The van der Waals surface area contributed by atoms with Gasteiger partial charge in [-0.05, 0) is 37.5 Å². The summed E-state index contributed by atoms with van der Waals surface area (Å²) in [6.07, 6.45) is 4.04. The zero-order chi connectivity index (χ0) is 16.9. The van der Waals surface area contributed by atoms with Crippen molar-refractivity contribution in [2.45, 2.75) is 50.4 Å². The molecule has 2 rings (SSSR count). The highest BCUT2D eigenvalue weighted by Gasteiger charge is 2.28. The zero-order valence-electron chi connectivity index (χ0n) is 13.6. The number of hydrogen-bond acceptors (Lipinski definition) is 3. The van der Waals surface area contributed by atoms with E-state index in [1.165, 1.54) is 24.3 Å². The molecule has 1 aromatic carbocycles. The summed E-state index contributed by atoms with van der Waals surface area (Å²) >= 11 is 0. The van der Waals surface area contributed by atoms with Gasteiger partial charge in [-0.2, -0.15) is 0 Å². The van der Waals surface area contributed by atoms with E-state index < -0.39 is 5.60 Å². The second-order valence-electron chi connectivity index (χ2n) is 6.27. The lowest BCUT2D eigenvalue weighted by atomic mass is 9.92. The Kier molecular flexibility index (Phi) is 5.96. The number of halogens is 1. The molecule has 0 aliphatic heterocycles. The minimum atomic E-state index is -1.27. The van der Waals surface area contributed by atoms with E-state index in [4.69, 9.17) is 4.74 Å². The molecule has 0 radical (unpaired) electrons. The van der Waals surface area contributed by atoms with Gasteiger partial charge in [0.1, 0.15) is 11.4 Å². The number of carbonyl (C=O) groups excluding carboxylic acids is 1. The van der Waals surface area contributed by atoms with E-state index in [-0.39, 0.29) is 30.5 Å². The van der Waals surface area contributed by atoms with Crippen LogP contribution in [0.2, 0.25) is 0 Å². The van der Waals surface area contributed by atoms with Crippen LogP contribution in [0, 0.1) is 5.82 Å². The minimum absolute atomic E-state index is 0.00970. The van der Waals surface area contributed by atoms with E-state index in [2.05, 4.69) is 10.6 Å². The van der Waals surface area contributed by atoms with Crippen LogP contribution in [0.1, 0.15) is 38.2 Å². The largest absolute Gasteiger partial charge is 0.384 e. The Hall–Kier alpha value is -1.66. The maximum atomic E-state index is 12.9. The Balaban J connectivity index is 1.86. The molecular formula is C17H25FN2O3. The Morgan fingerprint density at radius 2 is 2.00 bits per heavy atom. The summed E-state index contributed by atoms with van der Waals surface area (Å²) in [5, 5.41) is 16.0. The van der Waals surface area contributed by atoms with Crippen molar-refractivity contribution in [3.63, 3.8) is 0 Å². The molecule has 1 aliphatic rings. The van der Waals surface area contributed by atoms with Gasteiger partial charge in [-0.15, -0.1) is 0 Å². The molecule has 1 fully saturated rings. The average Bonchev–Trinajstić information content (AvgIpc) is 2.54. The van der Waals surface area contributed by atoms with Crippen molar-refractivity contribution < 1.29 is 19.0 Å². The van der Waals surface area contributed by atoms with E-state index in [0.29, 0.717) is 5.56 Å². The van der Waals surface area contributed by atoms with Gasteiger partial charge in [-0.25, -0.2) is 9.18 Å². The lowest BCUT2D eigenvalue weighted by molar-refractivity contribution is 0.0428. The molecule has 0 aromatic heterocycles. The van der Waals surface area contributed by atoms with Crippen molar-refractivity contribution in [1.29, 1.82) is 0 Å².